The van der Waals surface area contributed by atoms with Crippen molar-refractivity contribution in [2.75, 3.05) is 0 Å². The Morgan fingerprint density at radius 1 is 0.625 bits per heavy atom. The van der Waals surface area contributed by atoms with E-state index in [4.69, 9.17) is 19.7 Å². The number of carboxylic acid groups (broad SMARTS) is 2. The number of carbonyl (C=O) groups is 4. The summed E-state index contributed by atoms with van der Waals surface area (Å²) in [4.78, 5) is 43.9. The highest BCUT2D eigenvalue weighted by Gasteiger charge is 2.50. The Labute approximate surface area is 184 Å². The van der Waals surface area contributed by atoms with Crippen LogP contribution in [0.3, 0.4) is 0 Å². The van der Waals surface area contributed by atoms with Gasteiger partial charge in [-0.25, -0.2) is 0 Å². The minimum Gasteiger partial charge on any atom is -0.481 e. The summed E-state index contributed by atoms with van der Waals surface area (Å²) >= 11 is 0. The second-order valence-electron chi connectivity index (χ2n) is 7.76. The average molecular weight is 440 g/mol. The summed E-state index contributed by atoms with van der Waals surface area (Å²) in [5.74, 6) is -4.61. The fourth-order valence-corrected chi connectivity index (χ4v) is 3.13. The van der Waals surface area contributed by atoms with Gasteiger partial charge in [0.05, 0.1) is 23.7 Å². The largest absolute Gasteiger partial charge is 0.481 e. The molecule has 168 valence electrons. The van der Waals surface area contributed by atoms with Gasteiger partial charge in [-0.1, -0.05) is 60.7 Å². The third-order valence-corrected chi connectivity index (χ3v) is 5.27. The van der Waals surface area contributed by atoms with Crippen molar-refractivity contribution in [2.24, 2.45) is 23.7 Å². The van der Waals surface area contributed by atoms with Gasteiger partial charge in [-0.05, 0) is 24.0 Å². The van der Waals surface area contributed by atoms with E-state index in [0.717, 1.165) is 11.1 Å². The maximum Gasteiger partial charge on any atom is 0.310 e. The van der Waals surface area contributed by atoms with Crippen molar-refractivity contribution in [3.8, 4) is 0 Å². The number of ether oxygens (including phenoxy) is 2. The van der Waals surface area contributed by atoms with Gasteiger partial charge >= 0.3 is 23.9 Å². The fourth-order valence-electron chi connectivity index (χ4n) is 3.13. The lowest BCUT2D eigenvalue weighted by Gasteiger charge is -2.03. The van der Waals surface area contributed by atoms with Gasteiger partial charge in [0.1, 0.15) is 13.2 Å². The Hall–Kier alpha value is -3.68. The van der Waals surface area contributed by atoms with Crippen LogP contribution in [0.4, 0.5) is 0 Å². The van der Waals surface area contributed by atoms with Crippen LogP contribution >= 0.6 is 0 Å². The molecule has 32 heavy (non-hydrogen) atoms. The standard InChI is InChI=1S/2C12H12O4/c2*13-11(14)9-6-10(9)12(15)16-7-8-4-2-1-3-5-8/h2*1-5,9-10H,6-7H2,(H,13,14)/t2*9-,10+/m10/s1. The maximum absolute atomic E-state index is 11.4. The third kappa shape index (κ3) is 6.66. The van der Waals surface area contributed by atoms with Crippen LogP contribution in [0, 0.1) is 23.7 Å². The van der Waals surface area contributed by atoms with Crippen LogP contribution in [-0.2, 0) is 41.9 Å². The topological polar surface area (TPSA) is 127 Å². The summed E-state index contributed by atoms with van der Waals surface area (Å²) < 4.78 is 10.1. The minimum atomic E-state index is -0.915. The van der Waals surface area contributed by atoms with Crippen LogP contribution in [0.5, 0.6) is 0 Å². The number of carbonyl (C=O) groups excluding carboxylic acids is 2. The molecule has 0 aromatic heterocycles. The normalized spacial score (nSPS) is 22.5. The lowest BCUT2D eigenvalue weighted by molar-refractivity contribution is -0.150. The first-order valence-electron chi connectivity index (χ1n) is 10.2. The van der Waals surface area contributed by atoms with E-state index in [1.165, 1.54) is 0 Å². The fraction of sp³-hybridized carbons (Fsp3) is 0.333. The smallest absolute Gasteiger partial charge is 0.310 e. The summed E-state index contributed by atoms with van der Waals surface area (Å²) in [7, 11) is 0. The molecule has 0 saturated heterocycles. The Morgan fingerprint density at radius 2 is 0.969 bits per heavy atom. The quantitative estimate of drug-likeness (QED) is 0.600. The molecule has 2 N–H and O–H groups in total. The van der Waals surface area contributed by atoms with Gasteiger partial charge in [0, 0.05) is 0 Å². The second kappa shape index (κ2) is 10.6. The first kappa shape index (κ1) is 23.0. The molecule has 2 aliphatic carbocycles. The summed E-state index contributed by atoms with van der Waals surface area (Å²) in [5, 5.41) is 17.3. The molecule has 0 spiro atoms. The lowest BCUT2D eigenvalue weighted by atomic mass is 10.2. The highest BCUT2D eigenvalue weighted by atomic mass is 16.5. The number of rotatable bonds is 8. The van der Waals surface area contributed by atoms with Crippen LogP contribution in [0.15, 0.2) is 60.7 Å². The third-order valence-electron chi connectivity index (χ3n) is 5.27. The molecule has 2 aromatic carbocycles. The van der Waals surface area contributed by atoms with Gasteiger partial charge in [-0.15, -0.1) is 0 Å². The van der Waals surface area contributed by atoms with Gasteiger partial charge in [0.15, 0.2) is 0 Å². The average Bonchev–Trinajstić information content (AvgIpc) is 3.70. The molecule has 0 unspecified atom stereocenters. The Morgan fingerprint density at radius 3 is 1.25 bits per heavy atom. The second-order valence-corrected chi connectivity index (χ2v) is 7.76. The van der Waals surface area contributed by atoms with Crippen LogP contribution in [-0.4, -0.2) is 34.1 Å². The van der Waals surface area contributed by atoms with Crippen molar-refractivity contribution in [3.63, 3.8) is 0 Å². The van der Waals surface area contributed by atoms with Crippen molar-refractivity contribution < 1.29 is 38.9 Å². The lowest BCUT2D eigenvalue weighted by Crippen LogP contribution is -2.11. The zero-order chi connectivity index (χ0) is 23.1. The van der Waals surface area contributed by atoms with Gasteiger partial charge in [-0.3, -0.25) is 19.2 Å². The van der Waals surface area contributed by atoms with E-state index < -0.39 is 47.5 Å². The molecule has 0 amide bonds. The molecule has 0 bridgehead atoms. The maximum atomic E-state index is 11.4. The molecule has 0 radical (unpaired) electrons. The monoisotopic (exact) mass is 440 g/mol. The highest BCUT2D eigenvalue weighted by Crippen LogP contribution is 2.40. The van der Waals surface area contributed by atoms with Crippen molar-refractivity contribution in [1.82, 2.24) is 0 Å². The highest BCUT2D eigenvalue weighted by molar-refractivity contribution is 5.86. The molecule has 4 rings (SSSR count). The molecule has 8 heteroatoms. The van der Waals surface area contributed by atoms with Crippen molar-refractivity contribution in [3.05, 3.63) is 71.8 Å². The van der Waals surface area contributed by atoms with Gasteiger partial charge in [0.25, 0.3) is 0 Å². The van der Waals surface area contributed by atoms with E-state index in [0.29, 0.717) is 12.8 Å². The number of aliphatic carboxylic acids is 2. The molecule has 2 aromatic rings. The molecule has 0 aliphatic heterocycles. The molecule has 2 fully saturated rings. The van der Waals surface area contributed by atoms with Crippen molar-refractivity contribution >= 4 is 23.9 Å². The number of esters is 2. The first-order valence-corrected chi connectivity index (χ1v) is 10.2. The van der Waals surface area contributed by atoms with E-state index >= 15 is 0 Å². The molecular weight excluding hydrogens is 416 g/mol. The van der Waals surface area contributed by atoms with E-state index in [1.807, 2.05) is 60.7 Å². The van der Waals surface area contributed by atoms with Gasteiger partial charge in [-0.2, -0.15) is 0 Å². The van der Waals surface area contributed by atoms with E-state index in [9.17, 15) is 19.2 Å². The number of hydrogen-bond acceptors (Lipinski definition) is 6. The van der Waals surface area contributed by atoms with E-state index in [2.05, 4.69) is 0 Å². The molecule has 8 nitrogen and oxygen atoms in total. The number of hydrogen-bond donors (Lipinski definition) is 2. The Balaban J connectivity index is 0.000000181. The first-order chi connectivity index (χ1) is 15.4. The number of carboxylic acids is 2. The SMILES string of the molecule is O=C(O)[C@H]1C[C@H]1C(=O)OCc1ccccc1.O=C(OCc1ccccc1)[C@H]1C[C@H]1C(=O)O. The van der Waals surface area contributed by atoms with Gasteiger partial charge < -0.3 is 19.7 Å². The van der Waals surface area contributed by atoms with Crippen molar-refractivity contribution in [1.29, 1.82) is 0 Å². The van der Waals surface area contributed by atoms with Crippen LogP contribution in [0.2, 0.25) is 0 Å². The Bertz CT molecular complexity index is 877. The summed E-state index contributed by atoms with van der Waals surface area (Å²) in [6.45, 7) is 0.422. The molecular formula is C24H24O8. The van der Waals surface area contributed by atoms with E-state index in [-0.39, 0.29) is 13.2 Å². The zero-order valence-corrected chi connectivity index (χ0v) is 17.3. The Kier molecular flexibility index (Phi) is 7.59. The van der Waals surface area contributed by atoms with Crippen molar-refractivity contribution in [2.45, 2.75) is 26.1 Å². The van der Waals surface area contributed by atoms with Crippen LogP contribution < -0.4 is 0 Å². The van der Waals surface area contributed by atoms with Gasteiger partial charge in [0.2, 0.25) is 0 Å². The molecule has 4 atom stereocenters. The van der Waals surface area contributed by atoms with E-state index in [1.54, 1.807) is 0 Å². The zero-order valence-electron chi connectivity index (χ0n) is 17.3. The molecule has 0 heterocycles. The van der Waals surface area contributed by atoms with Crippen LogP contribution in [0.25, 0.3) is 0 Å². The molecule has 2 saturated carbocycles. The summed E-state index contributed by atoms with van der Waals surface area (Å²) in [5.41, 5.74) is 1.81. The predicted molar refractivity (Wildman–Crippen MR) is 111 cm³/mol. The molecule has 2 aliphatic rings. The number of benzene rings is 2. The van der Waals surface area contributed by atoms with Crippen LogP contribution in [0.1, 0.15) is 24.0 Å². The summed E-state index contributed by atoms with van der Waals surface area (Å²) in [6, 6.07) is 18.6. The predicted octanol–water partition coefficient (Wildman–Crippen LogP) is 2.90. The minimum absolute atomic E-state index is 0.211. The summed E-state index contributed by atoms with van der Waals surface area (Å²) in [6.07, 6.45) is 0.811.